The van der Waals surface area contributed by atoms with E-state index < -0.39 is 6.10 Å². The first-order valence-corrected chi connectivity index (χ1v) is 10.9. The van der Waals surface area contributed by atoms with Crippen LogP contribution in [0.1, 0.15) is 30.9 Å². The fourth-order valence-electron chi connectivity index (χ4n) is 3.70. The topological polar surface area (TPSA) is 64.6 Å². The van der Waals surface area contributed by atoms with Gasteiger partial charge in [0.15, 0.2) is 0 Å². The third-order valence-corrected chi connectivity index (χ3v) is 6.47. The predicted octanol–water partition coefficient (Wildman–Crippen LogP) is 1.64. The molecule has 1 amide bonds. The highest BCUT2D eigenvalue weighted by molar-refractivity contribution is 7.99. The van der Waals surface area contributed by atoms with Crippen molar-refractivity contribution in [1.82, 2.24) is 15.5 Å². The maximum Gasteiger partial charge on any atom is 0.221 e. The number of rotatable bonds is 7. The summed E-state index contributed by atoms with van der Waals surface area (Å²) in [6.07, 6.45) is 2.33. The molecular formula is C20H31N3O2S. The average molecular weight is 378 g/mol. The Morgan fingerprint density at radius 1 is 1.31 bits per heavy atom. The Balaban J connectivity index is 1.31. The molecule has 2 aliphatic rings. The molecule has 5 nitrogen and oxygen atoms in total. The van der Waals surface area contributed by atoms with Crippen molar-refractivity contribution in [2.75, 3.05) is 44.2 Å². The molecule has 0 bridgehead atoms. The van der Waals surface area contributed by atoms with E-state index in [1.807, 2.05) is 42.1 Å². The number of hydrogen-bond donors (Lipinski definition) is 3. The molecule has 26 heavy (non-hydrogen) atoms. The Morgan fingerprint density at radius 3 is 2.77 bits per heavy atom. The minimum Gasteiger partial charge on any atom is -0.387 e. The number of thioether (sulfide) groups is 1. The predicted molar refractivity (Wildman–Crippen MR) is 107 cm³/mol. The first-order valence-electron chi connectivity index (χ1n) is 9.74. The molecule has 1 aromatic rings. The number of nitrogens with zero attached hydrogens (tertiary/aromatic N) is 1. The van der Waals surface area contributed by atoms with Gasteiger partial charge in [-0.25, -0.2) is 0 Å². The van der Waals surface area contributed by atoms with Crippen LogP contribution in [0.15, 0.2) is 30.3 Å². The van der Waals surface area contributed by atoms with Crippen molar-refractivity contribution in [3.8, 4) is 0 Å². The van der Waals surface area contributed by atoms with Gasteiger partial charge < -0.3 is 20.6 Å². The van der Waals surface area contributed by atoms with E-state index in [-0.39, 0.29) is 5.91 Å². The van der Waals surface area contributed by atoms with Crippen molar-refractivity contribution < 1.29 is 9.90 Å². The lowest BCUT2D eigenvalue weighted by molar-refractivity contribution is -0.121. The van der Waals surface area contributed by atoms with Crippen molar-refractivity contribution >= 4 is 17.7 Å². The van der Waals surface area contributed by atoms with Gasteiger partial charge in [0.25, 0.3) is 0 Å². The number of benzene rings is 1. The first-order chi connectivity index (χ1) is 12.7. The van der Waals surface area contributed by atoms with Crippen LogP contribution in [0.4, 0.5) is 0 Å². The molecular weight excluding hydrogens is 346 g/mol. The molecule has 6 heteroatoms. The largest absolute Gasteiger partial charge is 0.387 e. The highest BCUT2D eigenvalue weighted by Crippen LogP contribution is 2.20. The monoisotopic (exact) mass is 377 g/mol. The molecule has 3 N–H and O–H groups in total. The van der Waals surface area contributed by atoms with E-state index in [1.165, 1.54) is 0 Å². The summed E-state index contributed by atoms with van der Waals surface area (Å²) in [5, 5.41) is 16.9. The fraction of sp³-hybridized carbons (Fsp3) is 0.650. The number of aliphatic hydroxyl groups is 1. The van der Waals surface area contributed by atoms with Crippen LogP contribution in [-0.4, -0.2) is 66.2 Å². The zero-order valence-electron chi connectivity index (χ0n) is 15.4. The van der Waals surface area contributed by atoms with Gasteiger partial charge >= 0.3 is 0 Å². The smallest absolute Gasteiger partial charge is 0.221 e. The van der Waals surface area contributed by atoms with Crippen LogP contribution >= 0.6 is 11.8 Å². The number of hydrogen-bond acceptors (Lipinski definition) is 5. The molecule has 2 atom stereocenters. The molecule has 3 rings (SSSR count). The van der Waals surface area contributed by atoms with Crippen molar-refractivity contribution in [2.24, 2.45) is 5.92 Å². The van der Waals surface area contributed by atoms with Gasteiger partial charge in [0.1, 0.15) is 0 Å². The summed E-state index contributed by atoms with van der Waals surface area (Å²) in [4.78, 5) is 14.4. The number of amides is 1. The maximum absolute atomic E-state index is 12.1. The zero-order chi connectivity index (χ0) is 18.2. The van der Waals surface area contributed by atoms with Crippen LogP contribution in [0.25, 0.3) is 0 Å². The minimum absolute atomic E-state index is 0.173. The molecule has 2 fully saturated rings. The third kappa shape index (κ3) is 6.27. The Kier molecular flexibility index (Phi) is 7.80. The summed E-state index contributed by atoms with van der Waals surface area (Å²) in [5.41, 5.74) is 0.983. The standard InChI is InChI=1S/C20H31N3O2S/c24-19(17-4-2-1-3-5-17)14-23-9-6-16(7-10-23)13-22-20(25)12-18-15-26-11-8-21-18/h1-5,16,18-19,21,24H,6-15H2,(H,22,25). The second kappa shape index (κ2) is 10.3. The number of nitrogens with one attached hydrogen (secondary N) is 2. The van der Waals surface area contributed by atoms with Crippen LogP contribution in [0.5, 0.6) is 0 Å². The number of aliphatic hydroxyl groups excluding tert-OH is 1. The Hall–Kier alpha value is -1.08. The fourth-order valence-corrected chi connectivity index (χ4v) is 4.65. The minimum atomic E-state index is -0.423. The van der Waals surface area contributed by atoms with E-state index in [2.05, 4.69) is 15.5 Å². The van der Waals surface area contributed by atoms with Gasteiger partial charge in [-0.15, -0.1) is 0 Å². The number of piperidine rings is 1. The van der Waals surface area contributed by atoms with Crippen LogP contribution in [0.2, 0.25) is 0 Å². The van der Waals surface area contributed by atoms with Crippen LogP contribution < -0.4 is 10.6 Å². The molecule has 0 saturated carbocycles. The molecule has 1 aromatic carbocycles. The van der Waals surface area contributed by atoms with Crippen LogP contribution in [0.3, 0.4) is 0 Å². The van der Waals surface area contributed by atoms with E-state index in [0.29, 0.717) is 24.9 Å². The van der Waals surface area contributed by atoms with E-state index in [4.69, 9.17) is 0 Å². The Morgan fingerprint density at radius 2 is 2.08 bits per heavy atom. The summed E-state index contributed by atoms with van der Waals surface area (Å²) < 4.78 is 0. The van der Waals surface area contributed by atoms with E-state index >= 15 is 0 Å². The zero-order valence-corrected chi connectivity index (χ0v) is 16.2. The van der Waals surface area contributed by atoms with Crippen molar-refractivity contribution in [3.63, 3.8) is 0 Å². The summed E-state index contributed by atoms with van der Waals surface area (Å²) in [6, 6.07) is 10.2. The van der Waals surface area contributed by atoms with E-state index in [1.54, 1.807) is 0 Å². The molecule has 0 radical (unpaired) electrons. The third-order valence-electron chi connectivity index (χ3n) is 5.34. The number of carbonyl (C=O) groups is 1. The van der Waals surface area contributed by atoms with Gasteiger partial charge in [-0.3, -0.25) is 4.79 Å². The molecule has 144 valence electrons. The first kappa shape index (κ1) is 19.7. The van der Waals surface area contributed by atoms with Gasteiger partial charge in [-0.2, -0.15) is 11.8 Å². The SMILES string of the molecule is O=C(CC1CSCCN1)NCC1CCN(CC(O)c2ccccc2)CC1. The maximum atomic E-state index is 12.1. The van der Waals surface area contributed by atoms with Crippen molar-refractivity contribution in [1.29, 1.82) is 0 Å². The lowest BCUT2D eigenvalue weighted by Crippen LogP contribution is -2.43. The Labute approximate surface area is 160 Å². The summed E-state index contributed by atoms with van der Waals surface area (Å²) in [6.45, 7) is 4.47. The van der Waals surface area contributed by atoms with E-state index in [0.717, 1.165) is 56.1 Å². The molecule has 0 aliphatic carbocycles. The van der Waals surface area contributed by atoms with Crippen LogP contribution in [-0.2, 0) is 4.79 Å². The van der Waals surface area contributed by atoms with Gasteiger partial charge in [-0.05, 0) is 37.4 Å². The normalized spacial score (nSPS) is 23.5. The molecule has 2 saturated heterocycles. The lowest BCUT2D eigenvalue weighted by atomic mass is 9.96. The van der Waals surface area contributed by atoms with E-state index in [9.17, 15) is 9.90 Å². The van der Waals surface area contributed by atoms with Crippen LogP contribution in [0, 0.1) is 5.92 Å². The summed E-state index contributed by atoms with van der Waals surface area (Å²) >= 11 is 1.93. The number of carbonyl (C=O) groups excluding carboxylic acids is 1. The molecule has 0 aromatic heterocycles. The van der Waals surface area contributed by atoms with Crippen molar-refractivity contribution in [2.45, 2.75) is 31.4 Å². The molecule has 2 aliphatic heterocycles. The molecule has 2 unspecified atom stereocenters. The quantitative estimate of drug-likeness (QED) is 0.674. The summed E-state index contributed by atoms with van der Waals surface area (Å²) in [5.74, 6) is 2.91. The number of β-amino-alcohol motifs (C(OH)–C–C–N with tert-alkyl or cyclic N) is 1. The lowest BCUT2D eigenvalue weighted by Gasteiger charge is -2.33. The summed E-state index contributed by atoms with van der Waals surface area (Å²) in [7, 11) is 0. The second-order valence-electron chi connectivity index (χ2n) is 7.40. The van der Waals surface area contributed by atoms with Crippen molar-refractivity contribution in [3.05, 3.63) is 35.9 Å². The Bertz CT molecular complexity index is 543. The highest BCUT2D eigenvalue weighted by atomic mass is 32.2. The molecule has 2 heterocycles. The number of likely N-dealkylation sites (tertiary alicyclic amines) is 1. The highest BCUT2D eigenvalue weighted by Gasteiger charge is 2.22. The second-order valence-corrected chi connectivity index (χ2v) is 8.55. The average Bonchev–Trinajstić information content (AvgIpc) is 2.69. The van der Waals surface area contributed by atoms with Gasteiger partial charge in [0.2, 0.25) is 5.91 Å². The molecule has 0 spiro atoms. The van der Waals surface area contributed by atoms with Gasteiger partial charge in [0, 0.05) is 43.6 Å². The van der Waals surface area contributed by atoms with Gasteiger partial charge in [0.05, 0.1) is 6.10 Å². The van der Waals surface area contributed by atoms with Gasteiger partial charge in [-0.1, -0.05) is 30.3 Å².